The predicted octanol–water partition coefficient (Wildman–Crippen LogP) is 1.99. The van der Waals surface area contributed by atoms with Gasteiger partial charge in [-0.15, -0.1) is 0 Å². The summed E-state index contributed by atoms with van der Waals surface area (Å²) in [5, 5.41) is 0. The van der Waals surface area contributed by atoms with E-state index in [1.165, 1.54) is 7.11 Å². The van der Waals surface area contributed by atoms with Crippen LogP contribution in [0.3, 0.4) is 0 Å². The number of nitrogens with two attached hydrogens (primary N) is 1. The summed E-state index contributed by atoms with van der Waals surface area (Å²) in [5.74, 6) is -0.436. The monoisotopic (exact) mass is 242 g/mol. The lowest BCUT2D eigenvalue weighted by Crippen LogP contribution is -2.04. The number of pyridine rings is 1. The molecule has 0 amide bonds. The second-order valence-electron chi connectivity index (χ2n) is 3.78. The maximum atomic E-state index is 11.3. The third kappa shape index (κ3) is 2.38. The lowest BCUT2D eigenvalue weighted by molar-refractivity contribution is 0.0594. The van der Waals surface area contributed by atoms with Crippen LogP contribution < -0.4 is 5.73 Å². The van der Waals surface area contributed by atoms with E-state index in [0.29, 0.717) is 12.2 Å². The van der Waals surface area contributed by atoms with Gasteiger partial charge in [-0.05, 0) is 17.2 Å². The van der Waals surface area contributed by atoms with Crippen molar-refractivity contribution in [2.75, 3.05) is 7.11 Å². The van der Waals surface area contributed by atoms with Crippen LogP contribution in [0.1, 0.15) is 16.1 Å². The summed E-state index contributed by atoms with van der Waals surface area (Å²) in [6.07, 6.45) is 1.65. The van der Waals surface area contributed by atoms with E-state index in [1.54, 1.807) is 12.3 Å². The quantitative estimate of drug-likeness (QED) is 0.836. The number of methoxy groups -OCH3 is 1. The fourth-order valence-electron chi connectivity index (χ4n) is 1.76. The first-order chi connectivity index (χ1) is 8.76. The Kier molecular flexibility index (Phi) is 3.69. The molecule has 1 aromatic carbocycles. The standard InChI is InChI=1S/C14H14N2O2/c1-18-14(17)13-7-6-11(9-16-13)12-5-3-2-4-10(12)8-15/h2-7,9H,8,15H2,1H3. The largest absolute Gasteiger partial charge is 0.464 e. The maximum Gasteiger partial charge on any atom is 0.356 e. The molecule has 0 bridgehead atoms. The molecule has 0 fully saturated rings. The Morgan fingerprint density at radius 3 is 2.67 bits per heavy atom. The van der Waals surface area contributed by atoms with Crippen LogP contribution in [0, 0.1) is 0 Å². The second-order valence-corrected chi connectivity index (χ2v) is 3.78. The molecule has 0 aliphatic carbocycles. The minimum Gasteiger partial charge on any atom is -0.464 e. The zero-order valence-electron chi connectivity index (χ0n) is 10.1. The normalized spacial score (nSPS) is 10.1. The highest BCUT2D eigenvalue weighted by molar-refractivity contribution is 5.87. The van der Waals surface area contributed by atoms with E-state index >= 15 is 0 Å². The summed E-state index contributed by atoms with van der Waals surface area (Å²) >= 11 is 0. The van der Waals surface area contributed by atoms with E-state index in [2.05, 4.69) is 9.72 Å². The molecule has 0 saturated carbocycles. The minimum absolute atomic E-state index is 0.298. The number of ether oxygens (including phenoxy) is 1. The van der Waals surface area contributed by atoms with Gasteiger partial charge in [-0.3, -0.25) is 0 Å². The van der Waals surface area contributed by atoms with Crippen molar-refractivity contribution < 1.29 is 9.53 Å². The zero-order chi connectivity index (χ0) is 13.0. The topological polar surface area (TPSA) is 65.2 Å². The number of hydrogen-bond donors (Lipinski definition) is 1. The van der Waals surface area contributed by atoms with E-state index in [9.17, 15) is 4.79 Å². The average molecular weight is 242 g/mol. The van der Waals surface area contributed by atoms with Crippen LogP contribution in [0.15, 0.2) is 42.6 Å². The van der Waals surface area contributed by atoms with Crippen LogP contribution in [0.4, 0.5) is 0 Å². The van der Waals surface area contributed by atoms with E-state index < -0.39 is 5.97 Å². The highest BCUT2D eigenvalue weighted by Crippen LogP contribution is 2.22. The molecule has 0 atom stereocenters. The molecule has 2 aromatic rings. The van der Waals surface area contributed by atoms with Gasteiger partial charge in [-0.2, -0.15) is 0 Å². The fourth-order valence-corrected chi connectivity index (χ4v) is 1.76. The van der Waals surface area contributed by atoms with Crippen molar-refractivity contribution in [2.45, 2.75) is 6.54 Å². The first-order valence-corrected chi connectivity index (χ1v) is 5.59. The summed E-state index contributed by atoms with van der Waals surface area (Å²) in [6, 6.07) is 11.3. The van der Waals surface area contributed by atoms with Crippen LogP contribution in [0.25, 0.3) is 11.1 Å². The number of carbonyl (C=O) groups is 1. The Morgan fingerprint density at radius 2 is 2.06 bits per heavy atom. The van der Waals surface area contributed by atoms with Crippen molar-refractivity contribution >= 4 is 5.97 Å². The SMILES string of the molecule is COC(=O)c1ccc(-c2ccccc2CN)cn1. The lowest BCUT2D eigenvalue weighted by Gasteiger charge is -2.07. The van der Waals surface area contributed by atoms with Crippen LogP contribution in [-0.2, 0) is 11.3 Å². The highest BCUT2D eigenvalue weighted by Gasteiger charge is 2.08. The lowest BCUT2D eigenvalue weighted by atomic mass is 10.0. The first kappa shape index (κ1) is 12.3. The molecule has 1 heterocycles. The Hall–Kier alpha value is -2.20. The number of carbonyl (C=O) groups excluding carboxylic acids is 1. The predicted molar refractivity (Wildman–Crippen MR) is 68.9 cm³/mol. The molecule has 0 aliphatic heterocycles. The first-order valence-electron chi connectivity index (χ1n) is 5.59. The Labute approximate surface area is 105 Å². The van der Waals surface area contributed by atoms with E-state index in [4.69, 9.17) is 5.73 Å². The van der Waals surface area contributed by atoms with Gasteiger partial charge in [-0.1, -0.05) is 30.3 Å². The minimum atomic E-state index is -0.436. The van der Waals surface area contributed by atoms with E-state index in [0.717, 1.165) is 16.7 Å². The van der Waals surface area contributed by atoms with E-state index in [-0.39, 0.29) is 0 Å². The molecule has 2 N–H and O–H groups in total. The molecule has 4 heteroatoms. The molecule has 4 nitrogen and oxygen atoms in total. The third-order valence-corrected chi connectivity index (χ3v) is 2.71. The van der Waals surface area contributed by atoms with Crippen molar-refractivity contribution in [3.05, 3.63) is 53.9 Å². The van der Waals surface area contributed by atoms with Gasteiger partial charge < -0.3 is 10.5 Å². The van der Waals surface area contributed by atoms with Gasteiger partial charge in [0.15, 0.2) is 0 Å². The zero-order valence-corrected chi connectivity index (χ0v) is 10.1. The Balaban J connectivity index is 2.37. The van der Waals surface area contributed by atoms with Gasteiger partial charge in [0.25, 0.3) is 0 Å². The molecule has 0 saturated heterocycles. The number of aromatic nitrogens is 1. The summed E-state index contributed by atoms with van der Waals surface area (Å²) in [4.78, 5) is 15.4. The van der Waals surface area contributed by atoms with Gasteiger partial charge >= 0.3 is 5.97 Å². The van der Waals surface area contributed by atoms with Crippen molar-refractivity contribution in [3.63, 3.8) is 0 Å². The molecule has 0 radical (unpaired) electrons. The number of nitrogens with zero attached hydrogens (tertiary/aromatic N) is 1. The number of rotatable bonds is 3. The van der Waals surface area contributed by atoms with Gasteiger partial charge in [-0.25, -0.2) is 9.78 Å². The number of benzene rings is 1. The second kappa shape index (κ2) is 5.42. The average Bonchev–Trinajstić information content (AvgIpc) is 2.46. The summed E-state index contributed by atoms with van der Waals surface area (Å²) in [6.45, 7) is 0.467. The summed E-state index contributed by atoms with van der Waals surface area (Å²) in [5.41, 5.74) is 9.00. The summed E-state index contributed by atoms with van der Waals surface area (Å²) < 4.78 is 4.61. The van der Waals surface area contributed by atoms with Crippen molar-refractivity contribution in [3.8, 4) is 11.1 Å². The smallest absolute Gasteiger partial charge is 0.356 e. The van der Waals surface area contributed by atoms with Crippen LogP contribution in [0.2, 0.25) is 0 Å². The highest BCUT2D eigenvalue weighted by atomic mass is 16.5. The third-order valence-electron chi connectivity index (χ3n) is 2.71. The molecule has 0 spiro atoms. The molecule has 0 unspecified atom stereocenters. The molecule has 2 rings (SSSR count). The Morgan fingerprint density at radius 1 is 1.28 bits per heavy atom. The molecular weight excluding hydrogens is 228 g/mol. The van der Waals surface area contributed by atoms with Crippen LogP contribution in [0.5, 0.6) is 0 Å². The number of hydrogen-bond acceptors (Lipinski definition) is 4. The van der Waals surface area contributed by atoms with E-state index in [1.807, 2.05) is 30.3 Å². The maximum absolute atomic E-state index is 11.3. The van der Waals surface area contributed by atoms with Gasteiger partial charge in [0.2, 0.25) is 0 Å². The Bertz CT molecular complexity index is 550. The van der Waals surface area contributed by atoms with Gasteiger partial charge in [0, 0.05) is 18.3 Å². The summed E-state index contributed by atoms with van der Waals surface area (Å²) in [7, 11) is 1.33. The van der Waals surface area contributed by atoms with Crippen molar-refractivity contribution in [1.29, 1.82) is 0 Å². The van der Waals surface area contributed by atoms with Crippen molar-refractivity contribution in [2.24, 2.45) is 5.73 Å². The van der Waals surface area contributed by atoms with Crippen LogP contribution >= 0.6 is 0 Å². The fraction of sp³-hybridized carbons (Fsp3) is 0.143. The molecular formula is C14H14N2O2. The molecule has 18 heavy (non-hydrogen) atoms. The van der Waals surface area contributed by atoms with Crippen LogP contribution in [-0.4, -0.2) is 18.1 Å². The molecule has 0 aliphatic rings. The molecule has 1 aromatic heterocycles. The van der Waals surface area contributed by atoms with Crippen molar-refractivity contribution in [1.82, 2.24) is 4.98 Å². The van der Waals surface area contributed by atoms with Gasteiger partial charge in [0.1, 0.15) is 5.69 Å². The molecule has 92 valence electrons. The number of esters is 1. The van der Waals surface area contributed by atoms with Gasteiger partial charge in [0.05, 0.1) is 7.11 Å².